The Hall–Kier alpha value is -2.17. The van der Waals surface area contributed by atoms with E-state index in [1.165, 1.54) is 0 Å². The molecule has 0 atom stereocenters. The van der Waals surface area contributed by atoms with Crippen LogP contribution in [-0.4, -0.2) is 30.1 Å². The van der Waals surface area contributed by atoms with Crippen LogP contribution in [0.1, 0.15) is 5.56 Å². The maximum Gasteiger partial charge on any atom is 0.276 e. The molecule has 3 N–H and O–H groups in total. The summed E-state index contributed by atoms with van der Waals surface area (Å²) < 4.78 is 12.6. The van der Waals surface area contributed by atoms with Crippen molar-refractivity contribution in [3.63, 3.8) is 0 Å². The third-order valence-electron chi connectivity index (χ3n) is 3.25. The Bertz CT molecular complexity index is 862. The number of nitrogens with one attached hydrogen (secondary N) is 3. The monoisotopic (exact) mass is 529 g/mol. The van der Waals surface area contributed by atoms with Crippen LogP contribution >= 0.6 is 44.1 Å². The molecule has 0 saturated carbocycles. The molecule has 2 rings (SSSR count). The van der Waals surface area contributed by atoms with Gasteiger partial charge in [-0.2, -0.15) is 0 Å². The summed E-state index contributed by atoms with van der Waals surface area (Å²) in [5, 5.41) is 2.34. The first kappa shape index (κ1) is 22.1. The minimum atomic E-state index is -0.460. The largest absolute Gasteiger partial charge is 0.484 e. The van der Waals surface area contributed by atoms with Crippen LogP contribution in [0.4, 0.5) is 0 Å². The molecule has 2 aromatic carbocycles. The maximum absolute atomic E-state index is 11.8. The Morgan fingerprint density at radius 1 is 0.929 bits per heavy atom. The number of aryl methyl sites for hydroxylation is 1. The van der Waals surface area contributed by atoms with Crippen LogP contribution in [0.3, 0.4) is 0 Å². The lowest BCUT2D eigenvalue weighted by molar-refractivity contribution is -0.124. The normalized spacial score (nSPS) is 9.96. The van der Waals surface area contributed by atoms with Crippen molar-refractivity contribution in [1.29, 1.82) is 0 Å². The molecule has 0 aliphatic carbocycles. The number of ether oxygens (including phenoxy) is 2. The van der Waals surface area contributed by atoms with Crippen LogP contribution in [0.5, 0.6) is 11.5 Å². The molecule has 7 nitrogen and oxygen atoms in total. The number of halogens is 2. The van der Waals surface area contributed by atoms with Gasteiger partial charge in [-0.25, -0.2) is 0 Å². The molecule has 0 saturated heterocycles. The molecule has 2 aromatic rings. The maximum atomic E-state index is 11.8. The number of benzene rings is 2. The van der Waals surface area contributed by atoms with Gasteiger partial charge < -0.3 is 9.47 Å². The van der Waals surface area contributed by atoms with Crippen molar-refractivity contribution in [2.45, 2.75) is 6.92 Å². The Morgan fingerprint density at radius 3 is 2.21 bits per heavy atom. The summed E-state index contributed by atoms with van der Waals surface area (Å²) in [6.45, 7) is 1.49. The zero-order chi connectivity index (χ0) is 20.5. The summed E-state index contributed by atoms with van der Waals surface area (Å²) in [5.74, 6) is 0.196. The van der Waals surface area contributed by atoms with Gasteiger partial charge in [0.2, 0.25) is 0 Å². The fourth-order valence-corrected chi connectivity index (χ4v) is 2.57. The molecule has 28 heavy (non-hydrogen) atoms. The van der Waals surface area contributed by atoms with Gasteiger partial charge >= 0.3 is 0 Å². The van der Waals surface area contributed by atoms with Gasteiger partial charge in [-0.15, -0.1) is 0 Å². The molecule has 2 amide bonds. The molecule has 0 spiro atoms. The van der Waals surface area contributed by atoms with E-state index in [1.807, 2.05) is 13.0 Å². The number of hydrogen-bond acceptors (Lipinski definition) is 5. The van der Waals surface area contributed by atoms with E-state index in [1.54, 1.807) is 36.4 Å². The van der Waals surface area contributed by atoms with Crippen molar-refractivity contribution in [1.82, 2.24) is 16.2 Å². The number of rotatable bonds is 6. The van der Waals surface area contributed by atoms with E-state index in [0.717, 1.165) is 14.5 Å². The molecule has 0 unspecified atom stereocenters. The Balaban J connectivity index is 1.65. The summed E-state index contributed by atoms with van der Waals surface area (Å²) >= 11 is 11.6. The highest BCUT2D eigenvalue weighted by atomic mass is 79.9. The van der Waals surface area contributed by atoms with Crippen LogP contribution in [-0.2, 0) is 9.59 Å². The molecule has 0 heterocycles. The Labute approximate surface area is 184 Å². The molecule has 0 aromatic heterocycles. The van der Waals surface area contributed by atoms with E-state index in [4.69, 9.17) is 21.7 Å². The zero-order valence-electron chi connectivity index (χ0n) is 14.8. The first-order chi connectivity index (χ1) is 13.3. The second kappa shape index (κ2) is 11.0. The van der Waals surface area contributed by atoms with Crippen LogP contribution in [0.2, 0.25) is 0 Å². The second-order valence-corrected chi connectivity index (χ2v) is 7.67. The molecule has 0 radical (unpaired) electrons. The average molecular weight is 531 g/mol. The van der Waals surface area contributed by atoms with Gasteiger partial charge in [-0.1, -0.05) is 31.9 Å². The lowest BCUT2D eigenvalue weighted by Gasteiger charge is -2.12. The summed E-state index contributed by atoms with van der Waals surface area (Å²) in [6, 6.07) is 12.4. The van der Waals surface area contributed by atoms with Crippen LogP contribution in [0.25, 0.3) is 0 Å². The summed E-state index contributed by atoms with van der Waals surface area (Å²) in [5.41, 5.74) is 5.74. The van der Waals surface area contributed by atoms with E-state index in [-0.39, 0.29) is 18.3 Å². The van der Waals surface area contributed by atoms with Gasteiger partial charge in [0.1, 0.15) is 11.5 Å². The predicted molar refractivity (Wildman–Crippen MR) is 116 cm³/mol. The number of hydrazine groups is 1. The first-order valence-corrected chi connectivity index (χ1v) is 9.99. The van der Waals surface area contributed by atoms with Crippen LogP contribution in [0, 0.1) is 6.92 Å². The van der Waals surface area contributed by atoms with E-state index < -0.39 is 11.8 Å². The standard InChI is InChI=1S/C18H17Br2N3O4S/c1-11-8-14(6-7-15(11)20)27-9-16(24)21-18(28)23-22-17(25)10-26-13-4-2-12(19)3-5-13/h2-8H,9-10H2,1H3,(H,22,25)(H2,21,23,24,28). The van der Waals surface area contributed by atoms with Crippen molar-refractivity contribution in [2.75, 3.05) is 13.2 Å². The lowest BCUT2D eigenvalue weighted by Crippen LogP contribution is -2.50. The van der Waals surface area contributed by atoms with Crippen LogP contribution < -0.4 is 25.6 Å². The number of amides is 2. The van der Waals surface area contributed by atoms with Crippen molar-refractivity contribution in [3.05, 3.63) is 57.0 Å². The molecule has 0 aliphatic rings. The Morgan fingerprint density at radius 2 is 1.54 bits per heavy atom. The molecule has 0 bridgehead atoms. The molecule has 10 heteroatoms. The van der Waals surface area contributed by atoms with Gasteiger partial charge in [-0.05, 0) is 67.2 Å². The van der Waals surface area contributed by atoms with E-state index >= 15 is 0 Å². The number of hydrogen-bond donors (Lipinski definition) is 3. The minimum Gasteiger partial charge on any atom is -0.484 e. The number of carbonyl (C=O) groups is 2. The first-order valence-electron chi connectivity index (χ1n) is 7.99. The van der Waals surface area contributed by atoms with Crippen molar-refractivity contribution >= 4 is 61.0 Å². The molecule has 0 aliphatic heterocycles. The smallest absolute Gasteiger partial charge is 0.276 e. The Kier molecular flexibility index (Phi) is 8.68. The zero-order valence-corrected chi connectivity index (χ0v) is 18.7. The fourth-order valence-electron chi connectivity index (χ4n) is 1.89. The highest BCUT2D eigenvalue weighted by Gasteiger charge is 2.08. The number of carbonyl (C=O) groups excluding carboxylic acids is 2. The summed E-state index contributed by atoms with van der Waals surface area (Å²) in [4.78, 5) is 23.6. The highest BCUT2D eigenvalue weighted by molar-refractivity contribution is 9.10. The third kappa shape index (κ3) is 7.83. The van der Waals surface area contributed by atoms with Gasteiger partial charge in [-0.3, -0.25) is 25.8 Å². The molecular weight excluding hydrogens is 514 g/mol. The highest BCUT2D eigenvalue weighted by Crippen LogP contribution is 2.21. The van der Waals surface area contributed by atoms with Gasteiger partial charge in [0.25, 0.3) is 11.8 Å². The van der Waals surface area contributed by atoms with Crippen molar-refractivity contribution < 1.29 is 19.1 Å². The average Bonchev–Trinajstić information content (AvgIpc) is 2.67. The van der Waals surface area contributed by atoms with Gasteiger partial charge in [0, 0.05) is 8.95 Å². The topological polar surface area (TPSA) is 88.7 Å². The van der Waals surface area contributed by atoms with Crippen molar-refractivity contribution in [2.24, 2.45) is 0 Å². The third-order valence-corrected chi connectivity index (χ3v) is 4.87. The minimum absolute atomic E-state index is 0.0578. The summed E-state index contributed by atoms with van der Waals surface area (Å²) in [7, 11) is 0. The van der Waals surface area contributed by atoms with Gasteiger partial charge in [0.15, 0.2) is 18.3 Å². The lowest BCUT2D eigenvalue weighted by atomic mass is 10.2. The molecular formula is C18H17Br2N3O4S. The quantitative estimate of drug-likeness (QED) is 0.393. The SMILES string of the molecule is Cc1cc(OCC(=O)NC(=S)NNC(=O)COc2ccc(Br)cc2)ccc1Br. The van der Waals surface area contributed by atoms with E-state index in [2.05, 4.69) is 48.0 Å². The van der Waals surface area contributed by atoms with E-state index in [9.17, 15) is 9.59 Å². The molecule has 0 fully saturated rings. The van der Waals surface area contributed by atoms with Gasteiger partial charge in [0.05, 0.1) is 0 Å². The second-order valence-electron chi connectivity index (χ2n) is 5.49. The number of thiocarbonyl (C=S) groups is 1. The van der Waals surface area contributed by atoms with Crippen molar-refractivity contribution in [3.8, 4) is 11.5 Å². The fraction of sp³-hybridized carbons (Fsp3) is 0.167. The molecule has 148 valence electrons. The van der Waals surface area contributed by atoms with Crippen LogP contribution in [0.15, 0.2) is 51.4 Å². The predicted octanol–water partition coefficient (Wildman–Crippen LogP) is 3.00. The summed E-state index contributed by atoms with van der Waals surface area (Å²) in [6.07, 6.45) is 0. The van der Waals surface area contributed by atoms with E-state index in [0.29, 0.717) is 11.5 Å².